The summed E-state index contributed by atoms with van der Waals surface area (Å²) in [5.41, 5.74) is 5.12. The van der Waals surface area contributed by atoms with Gasteiger partial charge in [-0.25, -0.2) is 4.98 Å². The van der Waals surface area contributed by atoms with E-state index in [-0.39, 0.29) is 0 Å². The zero-order valence-corrected chi connectivity index (χ0v) is 18.2. The standard InChI is InChI=1S/C22H24N4O3S/c1-14-11-26(13-23-14)17-7-5-15(6-8-17)18-12-30-22(25-18)24-16-9-19(27-2)21(29-4)20(10-16)28-3/h5-12,23H,13H2,1-4H3,(H,24,25). The van der Waals surface area contributed by atoms with Gasteiger partial charge in [0.05, 0.1) is 33.7 Å². The first kappa shape index (κ1) is 19.9. The molecule has 30 heavy (non-hydrogen) atoms. The highest BCUT2D eigenvalue weighted by molar-refractivity contribution is 7.14. The Bertz CT molecular complexity index is 1040. The van der Waals surface area contributed by atoms with Crippen molar-refractivity contribution in [1.29, 1.82) is 0 Å². The maximum Gasteiger partial charge on any atom is 0.203 e. The number of nitrogens with one attached hydrogen (secondary N) is 2. The monoisotopic (exact) mass is 424 g/mol. The van der Waals surface area contributed by atoms with Gasteiger partial charge in [-0.2, -0.15) is 0 Å². The van der Waals surface area contributed by atoms with Crippen molar-refractivity contribution in [3.63, 3.8) is 0 Å². The number of anilines is 3. The van der Waals surface area contributed by atoms with Crippen LogP contribution in [-0.2, 0) is 0 Å². The molecule has 0 aliphatic carbocycles. The summed E-state index contributed by atoms with van der Waals surface area (Å²) >= 11 is 1.54. The summed E-state index contributed by atoms with van der Waals surface area (Å²) in [6.45, 7) is 2.86. The number of nitrogens with zero attached hydrogens (tertiary/aromatic N) is 2. The molecule has 0 atom stereocenters. The first-order valence-electron chi connectivity index (χ1n) is 9.43. The molecular weight excluding hydrogens is 400 g/mol. The molecule has 2 heterocycles. The smallest absolute Gasteiger partial charge is 0.203 e. The van der Waals surface area contributed by atoms with E-state index in [1.165, 1.54) is 5.70 Å². The van der Waals surface area contributed by atoms with Gasteiger partial charge in [0.15, 0.2) is 16.6 Å². The second-order valence-electron chi connectivity index (χ2n) is 6.74. The molecule has 1 aromatic heterocycles. The van der Waals surface area contributed by atoms with Gasteiger partial charge in [0.1, 0.15) is 0 Å². The van der Waals surface area contributed by atoms with Crippen LogP contribution in [0.3, 0.4) is 0 Å². The van der Waals surface area contributed by atoms with Crippen LogP contribution in [0.1, 0.15) is 6.92 Å². The molecule has 156 valence electrons. The van der Waals surface area contributed by atoms with E-state index < -0.39 is 0 Å². The molecule has 1 aliphatic heterocycles. The highest BCUT2D eigenvalue weighted by atomic mass is 32.1. The molecule has 1 aliphatic rings. The molecule has 0 amide bonds. The molecule has 3 aromatic rings. The number of aromatic nitrogens is 1. The summed E-state index contributed by atoms with van der Waals surface area (Å²) in [5.74, 6) is 1.74. The van der Waals surface area contributed by atoms with Crippen molar-refractivity contribution in [2.75, 3.05) is 38.2 Å². The van der Waals surface area contributed by atoms with Crippen molar-refractivity contribution in [2.24, 2.45) is 0 Å². The Kier molecular flexibility index (Phi) is 5.67. The predicted molar refractivity (Wildman–Crippen MR) is 121 cm³/mol. The number of thiazole rings is 1. The van der Waals surface area contributed by atoms with Gasteiger partial charge in [0, 0.05) is 46.3 Å². The van der Waals surface area contributed by atoms with Gasteiger partial charge in [-0.15, -0.1) is 11.3 Å². The van der Waals surface area contributed by atoms with E-state index in [0.29, 0.717) is 17.2 Å². The summed E-state index contributed by atoms with van der Waals surface area (Å²) in [5, 5.41) is 9.45. The average molecular weight is 425 g/mol. The summed E-state index contributed by atoms with van der Waals surface area (Å²) in [6.07, 6.45) is 2.11. The molecule has 8 heteroatoms. The minimum atomic E-state index is 0.559. The molecule has 2 N–H and O–H groups in total. The average Bonchev–Trinajstić information content (AvgIpc) is 3.42. The van der Waals surface area contributed by atoms with Gasteiger partial charge in [0.2, 0.25) is 5.75 Å². The van der Waals surface area contributed by atoms with E-state index in [1.54, 1.807) is 32.7 Å². The fraction of sp³-hybridized carbons (Fsp3) is 0.227. The third-order valence-electron chi connectivity index (χ3n) is 4.79. The van der Waals surface area contributed by atoms with Crippen molar-refractivity contribution < 1.29 is 14.2 Å². The van der Waals surface area contributed by atoms with Crippen LogP contribution < -0.4 is 29.7 Å². The summed E-state index contributed by atoms with van der Waals surface area (Å²) in [7, 11) is 4.78. The lowest BCUT2D eigenvalue weighted by Gasteiger charge is -2.14. The van der Waals surface area contributed by atoms with Crippen LogP contribution in [0.15, 0.2) is 53.7 Å². The first-order valence-corrected chi connectivity index (χ1v) is 10.3. The summed E-state index contributed by atoms with van der Waals surface area (Å²) in [6, 6.07) is 12.1. The van der Waals surface area contributed by atoms with E-state index in [0.717, 1.165) is 34.4 Å². The van der Waals surface area contributed by atoms with E-state index in [9.17, 15) is 0 Å². The maximum atomic E-state index is 5.42. The molecule has 0 saturated carbocycles. The number of ether oxygens (including phenoxy) is 3. The van der Waals surface area contributed by atoms with Gasteiger partial charge in [0.25, 0.3) is 0 Å². The van der Waals surface area contributed by atoms with Crippen LogP contribution in [-0.4, -0.2) is 33.0 Å². The Labute approximate surface area is 179 Å². The molecule has 0 bridgehead atoms. The maximum absolute atomic E-state index is 5.42. The lowest BCUT2D eigenvalue weighted by Crippen LogP contribution is -2.20. The molecule has 0 fully saturated rings. The van der Waals surface area contributed by atoms with Gasteiger partial charge < -0.3 is 29.7 Å². The minimum Gasteiger partial charge on any atom is -0.493 e. The molecule has 4 rings (SSSR count). The number of hydrogen-bond donors (Lipinski definition) is 2. The second-order valence-corrected chi connectivity index (χ2v) is 7.60. The third-order valence-corrected chi connectivity index (χ3v) is 5.55. The lowest BCUT2D eigenvalue weighted by molar-refractivity contribution is 0.324. The normalized spacial score (nSPS) is 12.9. The zero-order chi connectivity index (χ0) is 21.1. The molecular formula is C22H24N4O3S. The summed E-state index contributed by atoms with van der Waals surface area (Å²) in [4.78, 5) is 6.90. The molecule has 0 unspecified atom stereocenters. The van der Waals surface area contributed by atoms with Crippen molar-refractivity contribution in [3.8, 4) is 28.5 Å². The minimum absolute atomic E-state index is 0.559. The topological polar surface area (TPSA) is 67.9 Å². The third kappa shape index (κ3) is 3.99. The van der Waals surface area contributed by atoms with Crippen LogP contribution in [0, 0.1) is 0 Å². The van der Waals surface area contributed by atoms with E-state index in [4.69, 9.17) is 19.2 Å². The second kappa shape index (κ2) is 8.54. The highest BCUT2D eigenvalue weighted by Crippen LogP contribution is 2.41. The highest BCUT2D eigenvalue weighted by Gasteiger charge is 2.15. The van der Waals surface area contributed by atoms with Crippen molar-refractivity contribution in [2.45, 2.75) is 6.92 Å². The Balaban J connectivity index is 1.52. The number of benzene rings is 2. The number of rotatable bonds is 7. The lowest BCUT2D eigenvalue weighted by atomic mass is 10.1. The largest absolute Gasteiger partial charge is 0.493 e. The fourth-order valence-corrected chi connectivity index (χ4v) is 4.00. The zero-order valence-electron chi connectivity index (χ0n) is 17.4. The van der Waals surface area contributed by atoms with Crippen LogP contribution in [0.5, 0.6) is 17.2 Å². The molecule has 0 saturated heterocycles. The Hall–Kier alpha value is -3.39. The van der Waals surface area contributed by atoms with Crippen LogP contribution in [0.4, 0.5) is 16.5 Å². The van der Waals surface area contributed by atoms with E-state index >= 15 is 0 Å². The van der Waals surface area contributed by atoms with Crippen LogP contribution in [0.2, 0.25) is 0 Å². The Morgan fingerprint density at radius 3 is 2.30 bits per heavy atom. The fourth-order valence-electron chi connectivity index (χ4n) is 3.26. The Morgan fingerprint density at radius 1 is 1.03 bits per heavy atom. The van der Waals surface area contributed by atoms with Crippen molar-refractivity contribution in [1.82, 2.24) is 10.3 Å². The van der Waals surface area contributed by atoms with E-state index in [2.05, 4.69) is 52.9 Å². The molecule has 2 aromatic carbocycles. The van der Waals surface area contributed by atoms with E-state index in [1.807, 2.05) is 17.5 Å². The molecule has 7 nitrogen and oxygen atoms in total. The molecule has 0 radical (unpaired) electrons. The summed E-state index contributed by atoms with van der Waals surface area (Å²) < 4.78 is 16.2. The number of allylic oxidation sites excluding steroid dienone is 1. The van der Waals surface area contributed by atoms with Gasteiger partial charge >= 0.3 is 0 Å². The predicted octanol–water partition coefficient (Wildman–Crippen LogP) is 4.81. The van der Waals surface area contributed by atoms with Crippen molar-refractivity contribution >= 4 is 27.8 Å². The van der Waals surface area contributed by atoms with Crippen molar-refractivity contribution in [3.05, 3.63) is 53.7 Å². The first-order chi connectivity index (χ1) is 14.6. The number of methoxy groups -OCH3 is 3. The molecule has 0 spiro atoms. The number of hydrogen-bond acceptors (Lipinski definition) is 8. The SMILES string of the molecule is COc1cc(Nc2nc(-c3ccc(N4C=C(C)NC4)cc3)cs2)cc(OC)c1OC. The van der Waals surface area contributed by atoms with Crippen LogP contribution in [0.25, 0.3) is 11.3 Å². The quantitative estimate of drug-likeness (QED) is 0.564. The van der Waals surface area contributed by atoms with Crippen LogP contribution >= 0.6 is 11.3 Å². The van der Waals surface area contributed by atoms with Gasteiger partial charge in [-0.1, -0.05) is 12.1 Å². The van der Waals surface area contributed by atoms with Gasteiger partial charge in [-0.3, -0.25) is 0 Å². The van der Waals surface area contributed by atoms with Gasteiger partial charge in [-0.05, 0) is 19.1 Å². The Morgan fingerprint density at radius 2 is 1.73 bits per heavy atom.